The highest BCUT2D eigenvalue weighted by Gasteiger charge is 2.34. The molecule has 3 heterocycles. The van der Waals surface area contributed by atoms with E-state index >= 15 is 0 Å². The smallest absolute Gasteiger partial charge is 0.232 e. The predicted octanol–water partition coefficient (Wildman–Crippen LogP) is 0.677. The van der Waals surface area contributed by atoms with Crippen molar-refractivity contribution in [3.05, 3.63) is 48.3 Å². The van der Waals surface area contributed by atoms with Crippen molar-refractivity contribution in [1.29, 1.82) is 5.26 Å². The quantitative estimate of drug-likeness (QED) is 0.476. The van der Waals surface area contributed by atoms with Crippen molar-refractivity contribution in [3.63, 3.8) is 0 Å². The summed E-state index contributed by atoms with van der Waals surface area (Å²) in [5, 5.41) is 9.04. The summed E-state index contributed by atoms with van der Waals surface area (Å²) in [5.41, 5.74) is -0.0500. The van der Waals surface area contributed by atoms with E-state index in [1.54, 1.807) is 25.2 Å². The second-order valence-electron chi connectivity index (χ2n) is 5.62. The highest BCUT2D eigenvalue weighted by Crippen LogP contribution is 2.21. The number of ketones is 2. The first-order valence-electron chi connectivity index (χ1n) is 7.38. The molecule has 0 saturated heterocycles. The van der Waals surface area contributed by atoms with E-state index in [2.05, 4.69) is 9.97 Å². The fourth-order valence-electron chi connectivity index (χ4n) is 2.56. The summed E-state index contributed by atoms with van der Waals surface area (Å²) in [7, 11) is -2.17. The molecule has 0 N–H and O–H groups in total. The summed E-state index contributed by atoms with van der Waals surface area (Å²) in [4.78, 5) is 33.1. The molecule has 0 bridgehead atoms. The highest BCUT2D eigenvalue weighted by atomic mass is 32.2. The lowest BCUT2D eigenvalue weighted by Crippen LogP contribution is -2.25. The van der Waals surface area contributed by atoms with E-state index < -0.39 is 27.3 Å². The molecule has 0 saturated carbocycles. The Morgan fingerprint density at radius 3 is 2.54 bits per heavy atom. The zero-order chi connectivity index (χ0) is 19.1. The molecule has 0 spiro atoms. The maximum Gasteiger partial charge on any atom is 0.232 e. The Labute approximate surface area is 148 Å². The van der Waals surface area contributed by atoms with E-state index in [0.29, 0.717) is 0 Å². The molecule has 0 unspecified atom stereocenters. The number of nitriles is 1. The Morgan fingerprint density at radius 2 is 1.96 bits per heavy atom. The van der Waals surface area contributed by atoms with Crippen LogP contribution in [0.5, 0.6) is 0 Å². The van der Waals surface area contributed by atoms with Crippen LogP contribution in [0.2, 0.25) is 0 Å². The summed E-state index contributed by atoms with van der Waals surface area (Å²) in [6.07, 6.45) is 5.29. The predicted molar refractivity (Wildman–Crippen MR) is 89.3 cm³/mol. The normalized spacial score (nSPS) is 12.7. The maximum absolute atomic E-state index is 12.8. The van der Waals surface area contributed by atoms with Gasteiger partial charge >= 0.3 is 0 Å². The molecule has 26 heavy (non-hydrogen) atoms. The van der Waals surface area contributed by atoms with Gasteiger partial charge in [-0.2, -0.15) is 5.26 Å². The average molecular weight is 371 g/mol. The number of fused-ring (bicyclic) bond motifs is 1. The van der Waals surface area contributed by atoms with Gasteiger partial charge in [-0.05, 0) is 12.1 Å². The lowest BCUT2D eigenvalue weighted by molar-refractivity contribution is 0.0836. The van der Waals surface area contributed by atoms with Crippen molar-refractivity contribution in [3.8, 4) is 6.07 Å². The van der Waals surface area contributed by atoms with E-state index in [9.17, 15) is 23.3 Å². The fourth-order valence-corrected chi connectivity index (χ4v) is 3.33. The van der Waals surface area contributed by atoms with Crippen LogP contribution >= 0.6 is 0 Å². The number of hydrogen-bond acceptors (Lipinski definition) is 7. The standard InChI is InChI=1S/C16H13N5O4S/c1-20-8-6-18-15(20)14(23)10(9-17)13(22)12-11-5-3-4-7-21(11)16(19-12)26(2,24)25/h3-8,10H,1-2H3/t10-/m1/s1. The van der Waals surface area contributed by atoms with E-state index in [1.807, 2.05) is 0 Å². The number of rotatable bonds is 5. The molecule has 132 valence electrons. The molecule has 0 aliphatic heterocycles. The molecule has 0 amide bonds. The SMILES string of the molecule is Cn1ccnc1C(=O)[C@H](C#N)C(=O)c1nc(S(C)(=O)=O)n2ccccc12. The molecule has 3 aromatic rings. The van der Waals surface area contributed by atoms with Gasteiger partial charge in [0, 0.05) is 31.9 Å². The Hall–Kier alpha value is -3.32. The molecular formula is C16H13N5O4S. The molecule has 3 rings (SSSR count). The minimum Gasteiger partial charge on any atom is -0.332 e. The van der Waals surface area contributed by atoms with Crippen LogP contribution in [-0.4, -0.2) is 45.2 Å². The number of imidazole rings is 2. The van der Waals surface area contributed by atoms with Gasteiger partial charge < -0.3 is 4.57 Å². The van der Waals surface area contributed by atoms with Crippen LogP contribution in [0.1, 0.15) is 21.1 Å². The number of aromatic nitrogens is 4. The third-order valence-corrected chi connectivity index (χ3v) is 4.73. The van der Waals surface area contributed by atoms with Gasteiger partial charge in [0.2, 0.25) is 26.6 Å². The third-order valence-electron chi connectivity index (χ3n) is 3.78. The number of carbonyl (C=O) groups excluding carboxylic acids is 2. The number of nitrogens with zero attached hydrogens (tertiary/aromatic N) is 5. The van der Waals surface area contributed by atoms with E-state index in [-0.39, 0.29) is 22.2 Å². The third kappa shape index (κ3) is 2.78. The van der Waals surface area contributed by atoms with E-state index in [0.717, 1.165) is 6.26 Å². The van der Waals surface area contributed by atoms with Crippen LogP contribution in [0, 0.1) is 17.2 Å². The van der Waals surface area contributed by atoms with E-state index in [1.165, 1.54) is 33.6 Å². The monoisotopic (exact) mass is 371 g/mol. The first-order chi connectivity index (χ1) is 12.3. The van der Waals surface area contributed by atoms with E-state index in [4.69, 9.17) is 0 Å². The van der Waals surface area contributed by atoms with Gasteiger partial charge in [-0.25, -0.2) is 18.4 Å². The second kappa shape index (κ2) is 6.20. The van der Waals surface area contributed by atoms with Crippen LogP contribution in [0.15, 0.2) is 41.9 Å². The molecule has 3 aromatic heterocycles. The molecule has 0 fully saturated rings. The minimum absolute atomic E-state index is 0.0447. The topological polar surface area (TPSA) is 127 Å². The first-order valence-corrected chi connectivity index (χ1v) is 9.27. The zero-order valence-electron chi connectivity index (χ0n) is 13.8. The fraction of sp³-hybridized carbons (Fsp3) is 0.188. The number of hydrogen-bond donors (Lipinski definition) is 0. The largest absolute Gasteiger partial charge is 0.332 e. The molecule has 0 aliphatic carbocycles. The first kappa shape index (κ1) is 17.5. The van der Waals surface area contributed by atoms with Gasteiger partial charge in [-0.15, -0.1) is 0 Å². The number of carbonyl (C=O) groups is 2. The molecule has 0 aromatic carbocycles. The van der Waals surface area contributed by atoms with Gasteiger partial charge in [0.15, 0.2) is 11.7 Å². The Morgan fingerprint density at radius 1 is 1.23 bits per heavy atom. The molecular weight excluding hydrogens is 358 g/mol. The second-order valence-corrected chi connectivity index (χ2v) is 7.53. The summed E-state index contributed by atoms with van der Waals surface area (Å²) in [5.74, 6) is -3.37. The minimum atomic E-state index is -3.73. The van der Waals surface area contributed by atoms with Crippen molar-refractivity contribution in [2.75, 3.05) is 6.26 Å². The summed E-state index contributed by atoms with van der Waals surface area (Å²) >= 11 is 0. The number of sulfone groups is 1. The Kier molecular flexibility index (Phi) is 4.17. The molecule has 10 heteroatoms. The van der Waals surface area contributed by atoms with Gasteiger partial charge in [-0.3, -0.25) is 14.0 Å². The van der Waals surface area contributed by atoms with Gasteiger partial charge in [0.1, 0.15) is 5.69 Å². The molecule has 1 atom stereocenters. The number of aryl methyl sites for hydroxylation is 1. The van der Waals surface area contributed by atoms with Gasteiger partial charge in [0.05, 0.1) is 11.6 Å². The zero-order valence-corrected chi connectivity index (χ0v) is 14.6. The van der Waals surface area contributed by atoms with Crippen molar-refractivity contribution in [2.24, 2.45) is 13.0 Å². The molecule has 0 aliphatic rings. The lowest BCUT2D eigenvalue weighted by Gasteiger charge is -2.06. The van der Waals surface area contributed by atoms with Crippen LogP contribution in [-0.2, 0) is 16.9 Å². The molecule has 0 radical (unpaired) electrons. The van der Waals surface area contributed by atoms with Gasteiger partial charge in [0.25, 0.3) is 0 Å². The Balaban J connectivity index is 2.14. The van der Waals surface area contributed by atoms with Crippen molar-refractivity contribution >= 4 is 26.9 Å². The molecule has 9 nitrogen and oxygen atoms in total. The number of Topliss-reactive ketones (excluding diaryl/α,β-unsaturated/α-hetero) is 2. The summed E-state index contributed by atoms with van der Waals surface area (Å²) in [6.45, 7) is 0. The number of pyridine rings is 1. The lowest BCUT2D eigenvalue weighted by atomic mass is 9.97. The average Bonchev–Trinajstić information content (AvgIpc) is 3.18. The summed E-state index contributed by atoms with van der Waals surface area (Å²) < 4.78 is 26.5. The summed E-state index contributed by atoms with van der Waals surface area (Å²) in [6, 6.07) is 6.35. The Bertz CT molecular complexity index is 1180. The maximum atomic E-state index is 12.8. The van der Waals surface area contributed by atoms with Gasteiger partial charge in [-0.1, -0.05) is 6.07 Å². The van der Waals surface area contributed by atoms with Crippen molar-refractivity contribution in [1.82, 2.24) is 18.9 Å². The highest BCUT2D eigenvalue weighted by molar-refractivity contribution is 7.90. The van der Waals surface area contributed by atoms with Crippen LogP contribution in [0.4, 0.5) is 0 Å². The van der Waals surface area contributed by atoms with Crippen LogP contribution in [0.3, 0.4) is 0 Å². The van der Waals surface area contributed by atoms with Crippen molar-refractivity contribution < 1.29 is 18.0 Å². The van der Waals surface area contributed by atoms with Crippen molar-refractivity contribution in [2.45, 2.75) is 5.16 Å². The van der Waals surface area contributed by atoms with Crippen LogP contribution < -0.4 is 0 Å². The van der Waals surface area contributed by atoms with Crippen LogP contribution in [0.25, 0.3) is 5.52 Å².